The molecule has 0 spiro atoms. The van der Waals surface area contributed by atoms with Crippen LogP contribution in [0, 0.1) is 5.41 Å². The van der Waals surface area contributed by atoms with E-state index in [0.717, 1.165) is 0 Å². The third-order valence-corrected chi connectivity index (χ3v) is 2.76. The van der Waals surface area contributed by atoms with Gasteiger partial charge in [-0.1, -0.05) is 17.7 Å². The maximum absolute atomic E-state index is 11.6. The number of alkyl carbamates (subject to hydrolysis) is 1. The Kier molecular flexibility index (Phi) is 6.23. The molecule has 122 valence electrons. The highest BCUT2D eigenvalue weighted by atomic mass is 35.5. The summed E-state index contributed by atoms with van der Waals surface area (Å²) >= 11 is 6.06. The fraction of sp³-hybridized carbons (Fsp3) is 0.500. The number of rotatable bonds is 5. The van der Waals surface area contributed by atoms with Crippen LogP contribution >= 0.6 is 11.6 Å². The lowest BCUT2D eigenvalue weighted by molar-refractivity contribution is 0.0536. The zero-order valence-corrected chi connectivity index (χ0v) is 14.4. The summed E-state index contributed by atoms with van der Waals surface area (Å²) in [4.78, 5) is 11.6. The molecule has 22 heavy (non-hydrogen) atoms. The molecule has 0 atom stereocenters. The molecule has 1 rings (SSSR count). The Hall–Kier alpha value is -1.75. The highest BCUT2D eigenvalue weighted by molar-refractivity contribution is 6.32. The standard InChI is InChI=1S/C16H23ClN2O3/c1-10(2)21-14-8-11(6-7-12(14)17)13(18)9-19-15(20)22-16(3,4)5/h6-8,10,18H,9H2,1-5H3,(H,19,20). The molecule has 0 aliphatic heterocycles. The Morgan fingerprint density at radius 2 is 2.00 bits per heavy atom. The van der Waals surface area contributed by atoms with E-state index in [-0.39, 0.29) is 18.4 Å². The molecule has 0 aromatic heterocycles. The van der Waals surface area contributed by atoms with E-state index in [4.69, 9.17) is 26.5 Å². The maximum Gasteiger partial charge on any atom is 0.407 e. The van der Waals surface area contributed by atoms with Crippen LogP contribution < -0.4 is 10.1 Å². The van der Waals surface area contributed by atoms with Gasteiger partial charge in [0, 0.05) is 5.56 Å². The number of ether oxygens (including phenoxy) is 2. The van der Waals surface area contributed by atoms with E-state index in [0.29, 0.717) is 16.3 Å². The third-order valence-electron chi connectivity index (χ3n) is 2.45. The number of hydrogen-bond donors (Lipinski definition) is 2. The van der Waals surface area contributed by atoms with Crippen molar-refractivity contribution >= 4 is 23.4 Å². The summed E-state index contributed by atoms with van der Waals surface area (Å²) in [6.07, 6.45) is -0.563. The number of carbonyl (C=O) groups excluding carboxylic acids is 1. The Labute approximate surface area is 136 Å². The first-order chi connectivity index (χ1) is 10.1. The summed E-state index contributed by atoms with van der Waals surface area (Å²) in [5.41, 5.74) is 0.317. The van der Waals surface area contributed by atoms with E-state index in [2.05, 4.69) is 5.32 Å². The van der Waals surface area contributed by atoms with E-state index in [9.17, 15) is 4.79 Å². The minimum absolute atomic E-state index is 0.0122. The average Bonchev–Trinajstić information content (AvgIpc) is 2.36. The van der Waals surface area contributed by atoms with Crippen molar-refractivity contribution in [1.82, 2.24) is 5.32 Å². The van der Waals surface area contributed by atoms with Crippen LogP contribution in [-0.2, 0) is 4.74 Å². The van der Waals surface area contributed by atoms with Gasteiger partial charge < -0.3 is 20.2 Å². The molecule has 0 heterocycles. The van der Waals surface area contributed by atoms with E-state index < -0.39 is 11.7 Å². The molecule has 1 aromatic rings. The van der Waals surface area contributed by atoms with Gasteiger partial charge in [0.25, 0.3) is 0 Å². The molecule has 0 bridgehead atoms. The molecule has 1 amide bonds. The third kappa shape index (κ3) is 6.35. The normalized spacial score (nSPS) is 11.2. The van der Waals surface area contributed by atoms with Crippen LogP contribution in [0.4, 0.5) is 4.79 Å². The van der Waals surface area contributed by atoms with Crippen LogP contribution in [0.1, 0.15) is 40.2 Å². The van der Waals surface area contributed by atoms with E-state index in [1.165, 1.54) is 0 Å². The first kappa shape index (κ1) is 18.3. The molecule has 0 unspecified atom stereocenters. The van der Waals surface area contributed by atoms with Gasteiger partial charge in [0.15, 0.2) is 0 Å². The monoisotopic (exact) mass is 326 g/mol. The Morgan fingerprint density at radius 1 is 1.36 bits per heavy atom. The predicted molar refractivity (Wildman–Crippen MR) is 88.3 cm³/mol. The van der Waals surface area contributed by atoms with Crippen molar-refractivity contribution in [3.05, 3.63) is 28.8 Å². The Morgan fingerprint density at radius 3 is 2.55 bits per heavy atom. The van der Waals surface area contributed by atoms with Crippen molar-refractivity contribution in [2.75, 3.05) is 6.54 Å². The van der Waals surface area contributed by atoms with Gasteiger partial charge in [0.2, 0.25) is 0 Å². The zero-order valence-electron chi connectivity index (χ0n) is 13.6. The molecule has 1 aromatic carbocycles. The highest BCUT2D eigenvalue weighted by Crippen LogP contribution is 2.26. The second-order valence-corrected chi connectivity index (χ2v) is 6.55. The van der Waals surface area contributed by atoms with Crippen molar-refractivity contribution in [2.45, 2.75) is 46.3 Å². The minimum Gasteiger partial charge on any atom is -0.489 e. The second kappa shape index (κ2) is 7.49. The fourth-order valence-corrected chi connectivity index (χ4v) is 1.77. The smallest absolute Gasteiger partial charge is 0.407 e. The van der Waals surface area contributed by atoms with Gasteiger partial charge in [0.05, 0.1) is 23.4 Å². The van der Waals surface area contributed by atoms with Gasteiger partial charge >= 0.3 is 6.09 Å². The summed E-state index contributed by atoms with van der Waals surface area (Å²) < 4.78 is 10.7. The number of carbonyl (C=O) groups is 1. The SMILES string of the molecule is CC(C)Oc1cc(C(=N)CNC(=O)OC(C)(C)C)ccc1Cl. The molecule has 0 saturated heterocycles. The van der Waals surface area contributed by atoms with Crippen molar-refractivity contribution < 1.29 is 14.3 Å². The number of halogens is 1. The van der Waals surface area contributed by atoms with Gasteiger partial charge in [-0.2, -0.15) is 0 Å². The molecular formula is C16H23ClN2O3. The van der Waals surface area contributed by atoms with Gasteiger partial charge in [-0.3, -0.25) is 0 Å². The van der Waals surface area contributed by atoms with E-state index in [1.54, 1.807) is 39.0 Å². The van der Waals surface area contributed by atoms with Crippen molar-refractivity contribution in [3.8, 4) is 5.75 Å². The van der Waals surface area contributed by atoms with Crippen LogP contribution in [0.5, 0.6) is 5.75 Å². The first-order valence-corrected chi connectivity index (χ1v) is 7.47. The van der Waals surface area contributed by atoms with Crippen LogP contribution in [0.2, 0.25) is 5.02 Å². The fourth-order valence-electron chi connectivity index (χ4n) is 1.61. The molecule has 2 N–H and O–H groups in total. The molecule has 6 heteroatoms. The van der Waals surface area contributed by atoms with Crippen LogP contribution in [0.15, 0.2) is 18.2 Å². The van der Waals surface area contributed by atoms with Crippen LogP contribution in [-0.4, -0.2) is 30.1 Å². The number of amides is 1. The van der Waals surface area contributed by atoms with Crippen molar-refractivity contribution in [2.24, 2.45) is 0 Å². The van der Waals surface area contributed by atoms with Crippen molar-refractivity contribution in [1.29, 1.82) is 5.41 Å². The lowest BCUT2D eigenvalue weighted by atomic mass is 10.1. The van der Waals surface area contributed by atoms with Gasteiger partial charge in [-0.25, -0.2) is 4.79 Å². The van der Waals surface area contributed by atoms with Crippen molar-refractivity contribution in [3.63, 3.8) is 0 Å². The summed E-state index contributed by atoms with van der Waals surface area (Å²) in [5, 5.41) is 11.1. The minimum atomic E-state index is -0.565. The Balaban J connectivity index is 2.68. The van der Waals surface area contributed by atoms with Gasteiger partial charge in [-0.15, -0.1) is 0 Å². The summed E-state index contributed by atoms with van der Waals surface area (Å²) in [5.74, 6) is 0.524. The van der Waals surface area contributed by atoms with Crippen LogP contribution in [0.3, 0.4) is 0 Å². The summed E-state index contributed by atoms with van der Waals surface area (Å²) in [7, 11) is 0. The number of nitrogens with one attached hydrogen (secondary N) is 2. The number of benzene rings is 1. The molecule has 0 aliphatic carbocycles. The van der Waals surface area contributed by atoms with Crippen LogP contribution in [0.25, 0.3) is 0 Å². The predicted octanol–water partition coefficient (Wildman–Crippen LogP) is 4.02. The second-order valence-electron chi connectivity index (χ2n) is 6.15. The molecule has 5 nitrogen and oxygen atoms in total. The van der Waals surface area contributed by atoms with E-state index in [1.807, 2.05) is 13.8 Å². The quantitative estimate of drug-likeness (QED) is 0.803. The van der Waals surface area contributed by atoms with E-state index >= 15 is 0 Å². The first-order valence-electron chi connectivity index (χ1n) is 7.09. The topological polar surface area (TPSA) is 71.4 Å². The lowest BCUT2D eigenvalue weighted by Crippen LogP contribution is -2.35. The zero-order chi connectivity index (χ0) is 16.9. The summed E-state index contributed by atoms with van der Waals surface area (Å²) in [6.45, 7) is 9.22. The highest BCUT2D eigenvalue weighted by Gasteiger charge is 2.16. The average molecular weight is 327 g/mol. The molecule has 0 aliphatic rings. The van der Waals surface area contributed by atoms with Gasteiger partial charge in [-0.05, 0) is 46.8 Å². The molecular weight excluding hydrogens is 304 g/mol. The Bertz CT molecular complexity index is 551. The van der Waals surface area contributed by atoms with Gasteiger partial charge in [0.1, 0.15) is 11.4 Å². The molecule has 0 fully saturated rings. The largest absolute Gasteiger partial charge is 0.489 e. The summed E-state index contributed by atoms with van der Waals surface area (Å²) in [6, 6.07) is 5.09. The number of hydrogen-bond acceptors (Lipinski definition) is 4. The molecule has 0 saturated carbocycles. The molecule has 0 radical (unpaired) electrons. The lowest BCUT2D eigenvalue weighted by Gasteiger charge is -2.19. The maximum atomic E-state index is 11.6.